The first-order valence-electron chi connectivity index (χ1n) is 11.9. The number of nitrogens with zero attached hydrogens (tertiary/aromatic N) is 5. The van der Waals surface area contributed by atoms with Crippen molar-refractivity contribution >= 4 is 17.7 Å². The van der Waals surface area contributed by atoms with E-state index in [4.69, 9.17) is 4.74 Å². The lowest BCUT2D eigenvalue weighted by Crippen LogP contribution is -2.50. The van der Waals surface area contributed by atoms with Gasteiger partial charge in [0.1, 0.15) is 17.7 Å². The lowest BCUT2D eigenvalue weighted by atomic mass is 10.2. The van der Waals surface area contributed by atoms with Crippen LogP contribution in [0.2, 0.25) is 0 Å². The molecule has 1 atom stereocenters. The van der Waals surface area contributed by atoms with Gasteiger partial charge in [0.05, 0.1) is 13.2 Å². The van der Waals surface area contributed by atoms with E-state index in [0.29, 0.717) is 38.4 Å². The van der Waals surface area contributed by atoms with Crippen LogP contribution in [0.15, 0.2) is 29.1 Å². The predicted octanol–water partition coefficient (Wildman–Crippen LogP) is -0.678. The molecule has 0 saturated carbocycles. The van der Waals surface area contributed by atoms with Crippen molar-refractivity contribution in [1.29, 1.82) is 0 Å². The molecule has 0 bridgehead atoms. The fourth-order valence-electron chi connectivity index (χ4n) is 4.29. The molecule has 13 heteroatoms. The van der Waals surface area contributed by atoms with Crippen LogP contribution in [0.25, 0.3) is 0 Å². The van der Waals surface area contributed by atoms with E-state index in [1.165, 1.54) is 45.7 Å². The normalized spacial score (nSPS) is 18.0. The Morgan fingerprint density at radius 3 is 2.51 bits per heavy atom. The van der Waals surface area contributed by atoms with E-state index in [-0.39, 0.29) is 25.5 Å². The first-order chi connectivity index (χ1) is 17.7. The number of likely N-dealkylation sites (N-methyl/N-ethyl adjacent to an activating group) is 2. The van der Waals surface area contributed by atoms with Crippen molar-refractivity contribution < 1.29 is 28.6 Å². The second kappa shape index (κ2) is 11.0. The van der Waals surface area contributed by atoms with E-state index in [2.05, 4.69) is 10.3 Å². The van der Waals surface area contributed by atoms with E-state index in [1.807, 2.05) is 4.90 Å². The van der Waals surface area contributed by atoms with Crippen molar-refractivity contribution in [2.24, 2.45) is 0 Å². The SMILES string of the molecule is CN1CCn2c(nc(C(=O)NCc3ccc(F)cc3)c(O)c2=O)C(N(C)C(=O)C(=O)N2CCOCC2)C1. The third kappa shape index (κ3) is 5.62. The molecular weight excluding hydrogens is 487 g/mol. The van der Waals surface area contributed by atoms with E-state index in [1.54, 1.807) is 7.05 Å². The van der Waals surface area contributed by atoms with Gasteiger partial charge in [0.25, 0.3) is 11.5 Å². The molecule has 2 aliphatic rings. The van der Waals surface area contributed by atoms with E-state index in [9.17, 15) is 28.7 Å². The highest BCUT2D eigenvalue weighted by Gasteiger charge is 2.36. The minimum Gasteiger partial charge on any atom is -0.501 e. The highest BCUT2D eigenvalue weighted by atomic mass is 19.1. The van der Waals surface area contributed by atoms with Gasteiger partial charge >= 0.3 is 11.8 Å². The molecule has 12 nitrogen and oxygen atoms in total. The maximum absolute atomic E-state index is 13.2. The summed E-state index contributed by atoms with van der Waals surface area (Å²) in [6, 6.07) is 4.64. The maximum atomic E-state index is 13.2. The number of halogens is 1. The highest BCUT2D eigenvalue weighted by Crippen LogP contribution is 2.24. The summed E-state index contributed by atoms with van der Waals surface area (Å²) in [6.07, 6.45) is 0. The lowest BCUT2D eigenvalue weighted by Gasteiger charge is -2.32. The highest BCUT2D eigenvalue weighted by molar-refractivity contribution is 6.34. The Balaban J connectivity index is 1.63. The number of morpholine rings is 1. The fraction of sp³-hybridized carbons (Fsp3) is 0.458. The zero-order chi connectivity index (χ0) is 26.7. The molecule has 4 rings (SSSR count). The second-order valence-corrected chi connectivity index (χ2v) is 9.03. The maximum Gasteiger partial charge on any atom is 0.312 e. The molecule has 0 aliphatic carbocycles. The Morgan fingerprint density at radius 2 is 1.84 bits per heavy atom. The number of hydrogen-bond donors (Lipinski definition) is 2. The van der Waals surface area contributed by atoms with Gasteiger partial charge in [-0.1, -0.05) is 12.1 Å². The number of aromatic nitrogens is 2. The second-order valence-electron chi connectivity index (χ2n) is 9.03. The summed E-state index contributed by atoms with van der Waals surface area (Å²) >= 11 is 0. The summed E-state index contributed by atoms with van der Waals surface area (Å²) in [4.78, 5) is 60.8. The van der Waals surface area contributed by atoms with Crippen LogP contribution in [0.1, 0.15) is 27.9 Å². The molecule has 1 unspecified atom stereocenters. The largest absolute Gasteiger partial charge is 0.501 e. The topological polar surface area (TPSA) is 137 Å². The van der Waals surface area contributed by atoms with Crippen molar-refractivity contribution in [3.63, 3.8) is 0 Å². The zero-order valence-corrected chi connectivity index (χ0v) is 20.6. The van der Waals surface area contributed by atoms with Gasteiger partial charge < -0.3 is 29.9 Å². The Morgan fingerprint density at radius 1 is 1.16 bits per heavy atom. The molecule has 2 aromatic rings. The minimum absolute atomic E-state index is 0.0112. The van der Waals surface area contributed by atoms with Crippen molar-refractivity contribution in [2.75, 3.05) is 53.5 Å². The summed E-state index contributed by atoms with van der Waals surface area (Å²) < 4.78 is 19.6. The van der Waals surface area contributed by atoms with Gasteiger partial charge in [0, 0.05) is 46.3 Å². The van der Waals surface area contributed by atoms with Crippen molar-refractivity contribution in [3.8, 4) is 5.75 Å². The molecule has 3 heterocycles. The zero-order valence-electron chi connectivity index (χ0n) is 20.6. The molecule has 1 fully saturated rings. The number of aromatic hydroxyl groups is 1. The lowest BCUT2D eigenvalue weighted by molar-refractivity contribution is -0.154. The van der Waals surface area contributed by atoms with Crippen LogP contribution >= 0.6 is 0 Å². The van der Waals surface area contributed by atoms with Crippen LogP contribution in [-0.2, 0) is 27.4 Å². The van der Waals surface area contributed by atoms with Crippen LogP contribution in [0, 0.1) is 5.82 Å². The molecule has 3 amide bonds. The average Bonchev–Trinajstić information content (AvgIpc) is 3.08. The van der Waals surface area contributed by atoms with Crippen molar-refractivity contribution in [2.45, 2.75) is 19.1 Å². The quantitative estimate of drug-likeness (QED) is 0.510. The standard InChI is InChI=1S/C24H29FN6O6/c1-28-7-8-31-20(17(14-28)29(2)23(35)24(36)30-9-11-37-12-10-30)27-18(19(32)22(31)34)21(33)26-13-15-3-5-16(25)6-4-15/h3-6,17,32H,7-14H2,1-2H3,(H,26,33). The monoisotopic (exact) mass is 516 g/mol. The smallest absolute Gasteiger partial charge is 0.312 e. The summed E-state index contributed by atoms with van der Waals surface area (Å²) in [6.45, 7) is 2.10. The van der Waals surface area contributed by atoms with Gasteiger partial charge in [-0.2, -0.15) is 0 Å². The summed E-state index contributed by atoms with van der Waals surface area (Å²) in [5, 5.41) is 13.1. The fourth-order valence-corrected chi connectivity index (χ4v) is 4.29. The number of fused-ring (bicyclic) bond motifs is 1. The van der Waals surface area contributed by atoms with Crippen LogP contribution in [0.5, 0.6) is 5.75 Å². The van der Waals surface area contributed by atoms with E-state index in [0.717, 1.165) is 0 Å². The van der Waals surface area contributed by atoms with Crippen molar-refractivity contribution in [1.82, 2.24) is 29.6 Å². The van der Waals surface area contributed by atoms with Crippen LogP contribution in [-0.4, -0.2) is 101 Å². The number of hydrogen-bond acceptors (Lipinski definition) is 8. The summed E-state index contributed by atoms with van der Waals surface area (Å²) in [7, 11) is 3.24. The molecule has 0 spiro atoms. The van der Waals surface area contributed by atoms with Gasteiger partial charge in [0.15, 0.2) is 5.69 Å². The first-order valence-corrected chi connectivity index (χ1v) is 11.9. The number of nitrogens with one attached hydrogen (secondary N) is 1. The van der Waals surface area contributed by atoms with Gasteiger partial charge in [-0.15, -0.1) is 0 Å². The Kier molecular flexibility index (Phi) is 7.83. The molecule has 0 radical (unpaired) electrons. The number of ether oxygens (including phenoxy) is 1. The summed E-state index contributed by atoms with van der Waals surface area (Å²) in [5.74, 6) is -3.43. The van der Waals surface area contributed by atoms with Crippen LogP contribution < -0.4 is 10.9 Å². The third-order valence-electron chi connectivity index (χ3n) is 6.51. The van der Waals surface area contributed by atoms with Gasteiger partial charge in [-0.05, 0) is 24.7 Å². The van der Waals surface area contributed by atoms with Gasteiger partial charge in [0.2, 0.25) is 5.75 Å². The van der Waals surface area contributed by atoms with Crippen LogP contribution in [0.4, 0.5) is 4.39 Å². The Bertz CT molecular complexity index is 1240. The molecule has 1 aromatic heterocycles. The number of rotatable bonds is 4. The van der Waals surface area contributed by atoms with Crippen LogP contribution in [0.3, 0.4) is 0 Å². The number of carbonyl (C=O) groups excluding carboxylic acids is 3. The third-order valence-corrected chi connectivity index (χ3v) is 6.51. The number of carbonyl (C=O) groups is 3. The number of benzene rings is 1. The Labute approximate surface area is 212 Å². The molecule has 198 valence electrons. The molecule has 2 aliphatic heterocycles. The summed E-state index contributed by atoms with van der Waals surface area (Å²) in [5.41, 5.74) is -0.710. The minimum atomic E-state index is -0.845. The van der Waals surface area contributed by atoms with E-state index < -0.39 is 46.6 Å². The first kappa shape index (κ1) is 26.2. The number of amides is 3. The predicted molar refractivity (Wildman–Crippen MR) is 128 cm³/mol. The van der Waals surface area contributed by atoms with Gasteiger partial charge in [-0.3, -0.25) is 23.7 Å². The molecule has 2 N–H and O–H groups in total. The molecule has 37 heavy (non-hydrogen) atoms. The Hall–Kier alpha value is -3.84. The molecule has 1 saturated heterocycles. The molecule has 1 aromatic carbocycles. The van der Waals surface area contributed by atoms with Gasteiger partial charge in [-0.25, -0.2) is 9.37 Å². The molecular formula is C24H29FN6O6. The van der Waals surface area contributed by atoms with Crippen molar-refractivity contribution in [3.05, 3.63) is 57.5 Å². The average molecular weight is 517 g/mol. The van der Waals surface area contributed by atoms with E-state index >= 15 is 0 Å².